The Morgan fingerprint density at radius 3 is 2.63 bits per heavy atom. The molecular formula is C29H34N2O4. The van der Waals surface area contributed by atoms with Gasteiger partial charge in [0.2, 0.25) is 5.91 Å². The molecule has 0 bridgehead atoms. The summed E-state index contributed by atoms with van der Waals surface area (Å²) >= 11 is 0. The van der Waals surface area contributed by atoms with E-state index in [9.17, 15) is 4.79 Å². The molecule has 0 saturated carbocycles. The van der Waals surface area contributed by atoms with Gasteiger partial charge < -0.3 is 24.1 Å². The van der Waals surface area contributed by atoms with E-state index in [1.54, 1.807) is 6.08 Å². The minimum atomic E-state index is -0.156. The van der Waals surface area contributed by atoms with Crippen LogP contribution in [-0.2, 0) is 22.4 Å². The van der Waals surface area contributed by atoms with E-state index >= 15 is 0 Å². The molecular weight excluding hydrogens is 440 g/mol. The van der Waals surface area contributed by atoms with E-state index in [1.165, 1.54) is 18.4 Å². The molecule has 6 nitrogen and oxygen atoms in total. The number of allylic oxidation sites excluding steroid dienone is 1. The van der Waals surface area contributed by atoms with Gasteiger partial charge in [0.15, 0.2) is 0 Å². The van der Waals surface area contributed by atoms with Crippen LogP contribution >= 0.6 is 0 Å². The van der Waals surface area contributed by atoms with E-state index in [0.29, 0.717) is 6.61 Å². The van der Waals surface area contributed by atoms with E-state index < -0.39 is 0 Å². The molecule has 1 fully saturated rings. The number of amides is 1. The maximum absolute atomic E-state index is 12.9. The van der Waals surface area contributed by atoms with Crippen molar-refractivity contribution >= 4 is 33.8 Å². The van der Waals surface area contributed by atoms with Crippen LogP contribution in [0.25, 0.3) is 16.5 Å². The zero-order valence-corrected chi connectivity index (χ0v) is 20.9. The molecule has 3 aromatic rings. The lowest BCUT2D eigenvalue weighted by atomic mass is 9.93. The summed E-state index contributed by atoms with van der Waals surface area (Å²) in [7, 11) is 0. The summed E-state index contributed by atoms with van der Waals surface area (Å²) in [6, 6.07) is 10.1. The predicted octanol–water partition coefficient (Wildman–Crippen LogP) is 5.90. The fourth-order valence-electron chi connectivity index (χ4n) is 5.19. The Kier molecular flexibility index (Phi) is 6.82. The van der Waals surface area contributed by atoms with Crippen molar-refractivity contribution in [2.75, 3.05) is 43.1 Å². The first-order valence-corrected chi connectivity index (χ1v) is 12.7. The number of ether oxygens (including phenoxy) is 2. The number of nitrogens with one attached hydrogen (secondary N) is 1. The number of furan rings is 1. The molecule has 2 aromatic carbocycles. The Bertz CT molecular complexity index is 1250. The van der Waals surface area contributed by atoms with Crippen molar-refractivity contribution in [3.63, 3.8) is 0 Å². The first-order chi connectivity index (χ1) is 17.0. The lowest BCUT2D eigenvalue weighted by molar-refractivity contribution is -0.111. The lowest BCUT2D eigenvalue weighted by Crippen LogP contribution is -2.36. The number of benzene rings is 2. The number of fused-ring (bicyclic) bond motifs is 3. The van der Waals surface area contributed by atoms with Gasteiger partial charge in [-0.25, -0.2) is 0 Å². The van der Waals surface area contributed by atoms with Crippen LogP contribution in [0.5, 0.6) is 5.75 Å². The topological polar surface area (TPSA) is 63.9 Å². The molecule has 2 aliphatic rings. The van der Waals surface area contributed by atoms with Crippen LogP contribution in [0.1, 0.15) is 49.1 Å². The average Bonchev–Trinajstić information content (AvgIpc) is 3.25. The molecule has 1 aliphatic carbocycles. The Morgan fingerprint density at radius 2 is 1.89 bits per heavy atom. The normalized spacial score (nSPS) is 16.3. The molecule has 0 spiro atoms. The van der Waals surface area contributed by atoms with Gasteiger partial charge in [-0.2, -0.15) is 0 Å². The highest BCUT2D eigenvalue weighted by atomic mass is 16.5. The van der Waals surface area contributed by atoms with Crippen LogP contribution in [0.4, 0.5) is 11.4 Å². The second kappa shape index (κ2) is 10.2. The van der Waals surface area contributed by atoms with Gasteiger partial charge >= 0.3 is 0 Å². The van der Waals surface area contributed by atoms with Gasteiger partial charge in [0, 0.05) is 59.0 Å². The lowest BCUT2D eigenvalue weighted by Gasteiger charge is -2.28. The molecule has 2 heterocycles. The number of rotatable bonds is 6. The summed E-state index contributed by atoms with van der Waals surface area (Å²) in [5.41, 5.74) is 6.97. The molecule has 1 N–H and O–H groups in total. The molecule has 0 unspecified atom stereocenters. The SMILES string of the molecule is CCOc1c(/C(C)=C/C(=O)Nc2ccc(N3CCOCC3)cc2)cc2c3c(oc2c1C)CCCC3. The second-order valence-corrected chi connectivity index (χ2v) is 9.36. The molecule has 0 radical (unpaired) electrons. The van der Waals surface area contributed by atoms with Crippen molar-refractivity contribution in [3.8, 4) is 5.75 Å². The Balaban J connectivity index is 1.40. The zero-order chi connectivity index (χ0) is 24.4. The number of morpholine rings is 1. The van der Waals surface area contributed by atoms with Gasteiger partial charge in [-0.05, 0) is 75.9 Å². The van der Waals surface area contributed by atoms with Gasteiger partial charge in [-0.1, -0.05) is 0 Å². The molecule has 1 aliphatic heterocycles. The molecule has 35 heavy (non-hydrogen) atoms. The first-order valence-electron chi connectivity index (χ1n) is 12.7. The fraction of sp³-hybridized carbons (Fsp3) is 0.414. The van der Waals surface area contributed by atoms with Crippen molar-refractivity contribution in [2.45, 2.75) is 46.5 Å². The Hall–Kier alpha value is -3.25. The summed E-state index contributed by atoms with van der Waals surface area (Å²) in [6.45, 7) is 9.82. The van der Waals surface area contributed by atoms with Gasteiger partial charge in [0.05, 0.1) is 19.8 Å². The minimum absolute atomic E-state index is 0.156. The quantitative estimate of drug-likeness (QED) is 0.451. The number of carbonyl (C=O) groups is 1. The summed E-state index contributed by atoms with van der Waals surface area (Å²) in [5, 5.41) is 4.16. The number of hydrogen-bond acceptors (Lipinski definition) is 5. The van der Waals surface area contributed by atoms with Crippen LogP contribution in [0.15, 0.2) is 40.8 Å². The van der Waals surface area contributed by atoms with Gasteiger partial charge in [-0.3, -0.25) is 4.79 Å². The maximum atomic E-state index is 12.9. The van der Waals surface area contributed by atoms with Crippen molar-refractivity contribution in [2.24, 2.45) is 0 Å². The van der Waals surface area contributed by atoms with Crippen molar-refractivity contribution < 1.29 is 18.7 Å². The van der Waals surface area contributed by atoms with Crippen LogP contribution in [-0.4, -0.2) is 38.8 Å². The van der Waals surface area contributed by atoms with E-state index in [1.807, 2.05) is 38.1 Å². The third-order valence-electron chi connectivity index (χ3n) is 7.00. The second-order valence-electron chi connectivity index (χ2n) is 9.36. The maximum Gasteiger partial charge on any atom is 0.248 e. The number of carbonyl (C=O) groups excluding carboxylic acids is 1. The number of nitrogens with zero attached hydrogens (tertiary/aromatic N) is 1. The summed E-state index contributed by atoms with van der Waals surface area (Å²) in [5.74, 6) is 1.74. The van der Waals surface area contributed by atoms with E-state index in [-0.39, 0.29) is 5.91 Å². The number of hydrogen-bond donors (Lipinski definition) is 1. The van der Waals surface area contributed by atoms with Crippen molar-refractivity contribution in [3.05, 3.63) is 58.9 Å². The van der Waals surface area contributed by atoms with Gasteiger partial charge in [-0.15, -0.1) is 0 Å². The monoisotopic (exact) mass is 474 g/mol. The Labute approximate surface area is 206 Å². The molecule has 1 saturated heterocycles. The predicted molar refractivity (Wildman–Crippen MR) is 141 cm³/mol. The largest absolute Gasteiger partial charge is 0.493 e. The zero-order valence-electron chi connectivity index (χ0n) is 20.9. The molecule has 0 atom stereocenters. The molecule has 184 valence electrons. The first kappa shape index (κ1) is 23.5. The summed E-state index contributed by atoms with van der Waals surface area (Å²) in [6.07, 6.45) is 6.04. The minimum Gasteiger partial charge on any atom is -0.493 e. The highest BCUT2D eigenvalue weighted by molar-refractivity contribution is 6.05. The smallest absolute Gasteiger partial charge is 0.248 e. The Morgan fingerprint density at radius 1 is 1.14 bits per heavy atom. The standard InChI is InChI=1S/C29H34N2O4/c1-4-34-28-20(3)29-25(23-7-5-6-8-26(23)35-29)18-24(28)19(2)17-27(32)30-21-9-11-22(12-10-21)31-13-15-33-16-14-31/h9-12,17-18H,4-8,13-16H2,1-3H3,(H,30,32)/b19-17+. The molecule has 6 heteroatoms. The molecule has 1 amide bonds. The van der Waals surface area contributed by atoms with Crippen LogP contribution in [0, 0.1) is 6.92 Å². The van der Waals surface area contributed by atoms with E-state index in [2.05, 4.69) is 23.2 Å². The van der Waals surface area contributed by atoms with Crippen LogP contribution < -0.4 is 15.0 Å². The van der Waals surface area contributed by atoms with E-state index in [0.717, 1.165) is 89.7 Å². The summed E-state index contributed by atoms with van der Waals surface area (Å²) in [4.78, 5) is 15.2. The highest BCUT2D eigenvalue weighted by Crippen LogP contribution is 2.41. The highest BCUT2D eigenvalue weighted by Gasteiger charge is 2.23. The fourth-order valence-corrected chi connectivity index (χ4v) is 5.19. The van der Waals surface area contributed by atoms with Gasteiger partial charge in [0.1, 0.15) is 17.1 Å². The third kappa shape index (κ3) is 4.80. The average molecular weight is 475 g/mol. The van der Waals surface area contributed by atoms with Crippen molar-refractivity contribution in [1.29, 1.82) is 0 Å². The van der Waals surface area contributed by atoms with E-state index in [4.69, 9.17) is 13.9 Å². The summed E-state index contributed by atoms with van der Waals surface area (Å²) < 4.78 is 17.7. The molecule has 5 rings (SSSR count). The van der Waals surface area contributed by atoms with Crippen molar-refractivity contribution in [1.82, 2.24) is 0 Å². The third-order valence-corrected chi connectivity index (χ3v) is 7.00. The van der Waals surface area contributed by atoms with Crippen LogP contribution in [0.2, 0.25) is 0 Å². The van der Waals surface area contributed by atoms with Gasteiger partial charge in [0.25, 0.3) is 0 Å². The molecule has 1 aromatic heterocycles. The number of aryl methyl sites for hydroxylation is 3. The number of anilines is 2. The van der Waals surface area contributed by atoms with Crippen LogP contribution in [0.3, 0.4) is 0 Å².